The molecule has 0 bridgehead atoms. The van der Waals surface area contributed by atoms with Crippen molar-refractivity contribution in [3.63, 3.8) is 0 Å². The predicted octanol–water partition coefficient (Wildman–Crippen LogP) is -1.54. The molecule has 11 N–H and O–H groups in total. The highest BCUT2D eigenvalue weighted by atomic mass is 16.5. The van der Waals surface area contributed by atoms with E-state index in [0.29, 0.717) is 45.7 Å². The van der Waals surface area contributed by atoms with E-state index in [1.807, 2.05) is 0 Å². The van der Waals surface area contributed by atoms with Gasteiger partial charge in [-0.2, -0.15) is 0 Å². The number of carboxylic acid groups (broad SMARTS) is 1. The minimum absolute atomic E-state index is 0. The van der Waals surface area contributed by atoms with Crippen LogP contribution in [0.5, 0.6) is 0 Å². The van der Waals surface area contributed by atoms with Crippen molar-refractivity contribution in [1.82, 2.24) is 12.3 Å². The summed E-state index contributed by atoms with van der Waals surface area (Å²) >= 11 is 0. The minimum Gasteiger partial charge on any atom is -0.478 e. The van der Waals surface area contributed by atoms with Crippen molar-refractivity contribution in [2.45, 2.75) is 0 Å². The molecule has 0 atom stereocenters. The van der Waals surface area contributed by atoms with Gasteiger partial charge in [-0.15, -0.1) is 0 Å². The zero-order valence-corrected chi connectivity index (χ0v) is 13.2. The number of ether oxygens (including phenoxy) is 3. The number of aliphatic hydroxyl groups is 2. The summed E-state index contributed by atoms with van der Waals surface area (Å²) in [6, 6.07) is 0. The standard InChI is InChI=1S/C8H18O5.C4H5NO3.2H3N/c9-1-3-11-5-7-13-8-6-12-4-2-10;5-3(6)1-2-4(7)8;;/h9-10H,1-8H2;1-2H,(H2,5,6)(H,7,8);2*1H3/b;2-1-;;. The van der Waals surface area contributed by atoms with Gasteiger partial charge in [0.1, 0.15) is 0 Å². The van der Waals surface area contributed by atoms with Crippen molar-refractivity contribution in [3.05, 3.63) is 12.2 Å². The summed E-state index contributed by atoms with van der Waals surface area (Å²) in [5.74, 6) is -1.93. The Morgan fingerprint density at radius 3 is 1.35 bits per heavy atom. The lowest BCUT2D eigenvalue weighted by Crippen LogP contribution is -2.11. The molecular weight excluding hydrogens is 314 g/mol. The Kier molecular flexibility index (Phi) is 32.4. The first-order valence-corrected chi connectivity index (χ1v) is 6.20. The average Bonchev–Trinajstić information content (AvgIpc) is 2.44. The molecule has 140 valence electrons. The maximum absolute atomic E-state index is 9.78. The molecule has 0 radical (unpaired) electrons. The number of carbonyl (C=O) groups excluding carboxylic acids is 1. The zero-order chi connectivity index (χ0) is 16.3. The largest absolute Gasteiger partial charge is 0.478 e. The van der Waals surface area contributed by atoms with Crippen molar-refractivity contribution in [3.8, 4) is 0 Å². The molecule has 0 saturated carbocycles. The van der Waals surface area contributed by atoms with E-state index >= 15 is 0 Å². The number of primary amides is 1. The molecule has 0 aromatic heterocycles. The minimum atomic E-state index is -1.18. The van der Waals surface area contributed by atoms with Crippen LogP contribution in [-0.4, -0.2) is 80.1 Å². The van der Waals surface area contributed by atoms with Crippen LogP contribution in [0.25, 0.3) is 0 Å². The van der Waals surface area contributed by atoms with E-state index in [-0.39, 0.29) is 25.5 Å². The molecule has 0 aromatic carbocycles. The summed E-state index contributed by atoms with van der Waals surface area (Å²) in [4.78, 5) is 19.4. The van der Waals surface area contributed by atoms with E-state index in [0.717, 1.165) is 6.08 Å². The van der Waals surface area contributed by atoms with Crippen LogP contribution in [0.15, 0.2) is 12.2 Å². The van der Waals surface area contributed by atoms with Gasteiger partial charge in [0.05, 0.1) is 52.9 Å². The molecule has 0 fully saturated rings. The molecule has 0 saturated heterocycles. The van der Waals surface area contributed by atoms with Gasteiger partial charge in [0.15, 0.2) is 0 Å². The second-order valence-corrected chi connectivity index (χ2v) is 3.36. The summed E-state index contributed by atoms with van der Waals surface area (Å²) in [6.45, 7) is 2.76. The number of hydrogen-bond acceptors (Lipinski definition) is 9. The molecule has 0 heterocycles. The van der Waals surface area contributed by atoms with Crippen LogP contribution in [-0.2, 0) is 23.8 Å². The molecule has 0 aliphatic carbocycles. The van der Waals surface area contributed by atoms with Crippen LogP contribution in [0.3, 0.4) is 0 Å². The highest BCUT2D eigenvalue weighted by Crippen LogP contribution is 1.80. The topological polar surface area (TPSA) is 219 Å². The molecule has 1 amide bonds. The second-order valence-electron chi connectivity index (χ2n) is 3.36. The summed E-state index contributed by atoms with van der Waals surface area (Å²) < 4.78 is 15.0. The van der Waals surface area contributed by atoms with Crippen LogP contribution in [0.4, 0.5) is 0 Å². The summed E-state index contributed by atoms with van der Waals surface area (Å²) in [5, 5.41) is 24.6. The molecule has 0 spiro atoms. The smallest absolute Gasteiger partial charge is 0.328 e. The van der Waals surface area contributed by atoms with Crippen molar-refractivity contribution >= 4 is 11.9 Å². The maximum Gasteiger partial charge on any atom is 0.328 e. The fraction of sp³-hybridized carbons (Fsp3) is 0.667. The number of aliphatic hydroxyl groups excluding tert-OH is 2. The summed E-state index contributed by atoms with van der Waals surface area (Å²) in [5.41, 5.74) is 4.55. The fourth-order valence-electron chi connectivity index (χ4n) is 0.824. The van der Waals surface area contributed by atoms with Gasteiger partial charge in [-0.25, -0.2) is 4.79 Å². The number of aliphatic carboxylic acids is 1. The maximum atomic E-state index is 9.78. The number of carboxylic acids is 1. The Hall–Kier alpha value is -1.60. The third kappa shape index (κ3) is 38.5. The zero-order valence-electron chi connectivity index (χ0n) is 13.2. The molecule has 0 aliphatic rings. The molecule has 0 unspecified atom stereocenters. The van der Waals surface area contributed by atoms with E-state index in [2.05, 4.69) is 5.73 Å². The lowest BCUT2D eigenvalue weighted by atomic mass is 10.5. The number of carbonyl (C=O) groups is 2. The van der Waals surface area contributed by atoms with Crippen LogP contribution >= 0.6 is 0 Å². The quantitative estimate of drug-likeness (QED) is 0.177. The molecule has 0 aliphatic heterocycles. The Morgan fingerprint density at radius 2 is 1.13 bits per heavy atom. The fourth-order valence-corrected chi connectivity index (χ4v) is 0.824. The highest BCUT2D eigenvalue weighted by Gasteiger charge is 1.90. The van der Waals surface area contributed by atoms with E-state index in [9.17, 15) is 9.59 Å². The summed E-state index contributed by atoms with van der Waals surface area (Å²) in [6.07, 6.45) is 1.46. The number of amides is 1. The predicted molar refractivity (Wildman–Crippen MR) is 82.6 cm³/mol. The van der Waals surface area contributed by atoms with Gasteiger partial charge in [-0.1, -0.05) is 0 Å². The molecule has 0 aromatic rings. The van der Waals surface area contributed by atoms with Gasteiger partial charge >= 0.3 is 5.97 Å². The third-order valence-corrected chi connectivity index (χ3v) is 1.61. The van der Waals surface area contributed by atoms with E-state index in [1.54, 1.807) is 0 Å². The number of hydrogen-bond donors (Lipinski definition) is 6. The van der Waals surface area contributed by atoms with Crippen molar-refractivity contribution in [2.24, 2.45) is 5.73 Å². The third-order valence-electron chi connectivity index (χ3n) is 1.61. The van der Waals surface area contributed by atoms with Gasteiger partial charge in [0.25, 0.3) is 0 Å². The van der Waals surface area contributed by atoms with E-state index in [4.69, 9.17) is 29.5 Å². The lowest BCUT2D eigenvalue weighted by Gasteiger charge is -2.04. The van der Waals surface area contributed by atoms with Crippen LogP contribution < -0.4 is 18.0 Å². The average molecular weight is 343 g/mol. The Bertz CT molecular complexity index is 263. The molecule has 11 nitrogen and oxygen atoms in total. The van der Waals surface area contributed by atoms with Gasteiger partial charge < -0.3 is 47.6 Å². The van der Waals surface area contributed by atoms with Gasteiger partial charge in [-0.3, -0.25) is 4.79 Å². The number of nitrogens with two attached hydrogens (primary N) is 1. The van der Waals surface area contributed by atoms with E-state index < -0.39 is 11.9 Å². The van der Waals surface area contributed by atoms with Crippen molar-refractivity contribution in [2.75, 3.05) is 52.9 Å². The second kappa shape index (κ2) is 25.4. The van der Waals surface area contributed by atoms with Gasteiger partial charge in [0.2, 0.25) is 5.91 Å². The lowest BCUT2D eigenvalue weighted by molar-refractivity contribution is -0.131. The van der Waals surface area contributed by atoms with E-state index in [1.165, 1.54) is 0 Å². The molecule has 0 rings (SSSR count). The first kappa shape index (κ1) is 29.4. The molecule has 11 heteroatoms. The molecule has 23 heavy (non-hydrogen) atoms. The Morgan fingerprint density at radius 1 is 0.783 bits per heavy atom. The van der Waals surface area contributed by atoms with Crippen LogP contribution in [0, 0.1) is 0 Å². The summed E-state index contributed by atoms with van der Waals surface area (Å²) in [7, 11) is 0. The van der Waals surface area contributed by atoms with Crippen LogP contribution in [0.2, 0.25) is 0 Å². The normalized spacial score (nSPS) is 9.30. The van der Waals surface area contributed by atoms with Crippen LogP contribution in [0.1, 0.15) is 0 Å². The van der Waals surface area contributed by atoms with Gasteiger partial charge in [0, 0.05) is 12.2 Å². The monoisotopic (exact) mass is 343 g/mol. The van der Waals surface area contributed by atoms with Gasteiger partial charge in [-0.05, 0) is 0 Å². The van der Waals surface area contributed by atoms with Crippen molar-refractivity contribution in [1.29, 1.82) is 0 Å². The first-order chi connectivity index (χ1) is 10.0. The SMILES string of the molecule is N.N.NC(=O)/C=C\C(=O)O.OCCOCCOCCOCCO. The Balaban J connectivity index is -0.000000158. The molecular formula is C12H29N3O8. The highest BCUT2D eigenvalue weighted by molar-refractivity contribution is 5.92. The first-order valence-electron chi connectivity index (χ1n) is 6.20. The number of rotatable bonds is 12. The Labute approximate surface area is 135 Å². The van der Waals surface area contributed by atoms with Crippen molar-refractivity contribution < 1.29 is 39.1 Å².